The van der Waals surface area contributed by atoms with Crippen LogP contribution in [0.4, 0.5) is 0 Å². The Morgan fingerprint density at radius 1 is 0.795 bits per heavy atom. The SMILES string of the molecule is O=C(NC1CCCC1)c1cccc(C(=O)N[C@@H](Cc2ccccc2)[C@H](O)CNCCC2CCN(Cc3ccccc3)CC2)c1. The largest absolute Gasteiger partial charge is 0.390 e. The molecule has 4 N–H and O–H groups in total. The zero-order chi connectivity index (χ0) is 30.6. The smallest absolute Gasteiger partial charge is 0.251 e. The minimum absolute atomic E-state index is 0.140. The summed E-state index contributed by atoms with van der Waals surface area (Å²) >= 11 is 0. The molecule has 0 aromatic heterocycles. The van der Waals surface area contributed by atoms with Gasteiger partial charge in [-0.3, -0.25) is 14.5 Å². The number of rotatable bonds is 14. The number of hydrogen-bond donors (Lipinski definition) is 4. The highest BCUT2D eigenvalue weighted by Gasteiger charge is 2.24. The second-order valence-corrected chi connectivity index (χ2v) is 12.6. The summed E-state index contributed by atoms with van der Waals surface area (Å²) in [6.07, 6.45) is 7.52. The van der Waals surface area contributed by atoms with Crippen LogP contribution in [0, 0.1) is 5.92 Å². The number of hydrogen-bond acceptors (Lipinski definition) is 5. The van der Waals surface area contributed by atoms with Crippen molar-refractivity contribution in [2.45, 2.75) is 76.1 Å². The Labute approximate surface area is 262 Å². The van der Waals surface area contributed by atoms with Crippen molar-refractivity contribution in [1.29, 1.82) is 0 Å². The van der Waals surface area contributed by atoms with E-state index in [1.807, 2.05) is 30.3 Å². The lowest BCUT2D eigenvalue weighted by atomic mass is 9.93. The number of carbonyl (C=O) groups is 2. The minimum atomic E-state index is -0.763. The highest BCUT2D eigenvalue weighted by atomic mass is 16.3. The van der Waals surface area contributed by atoms with Crippen molar-refractivity contribution >= 4 is 11.8 Å². The Morgan fingerprint density at radius 2 is 1.43 bits per heavy atom. The zero-order valence-corrected chi connectivity index (χ0v) is 25.8. The van der Waals surface area contributed by atoms with Gasteiger partial charge in [-0.1, -0.05) is 79.6 Å². The van der Waals surface area contributed by atoms with Crippen molar-refractivity contribution in [2.24, 2.45) is 5.92 Å². The van der Waals surface area contributed by atoms with Gasteiger partial charge in [-0.05, 0) is 93.4 Å². The van der Waals surface area contributed by atoms with Crippen molar-refractivity contribution in [3.8, 4) is 0 Å². The molecule has 1 aliphatic heterocycles. The summed E-state index contributed by atoms with van der Waals surface area (Å²) in [6.45, 7) is 4.50. The molecule has 1 aliphatic carbocycles. The number of benzene rings is 3. The number of amides is 2. The zero-order valence-electron chi connectivity index (χ0n) is 25.8. The molecule has 3 aromatic carbocycles. The topological polar surface area (TPSA) is 93.7 Å². The van der Waals surface area contributed by atoms with Crippen LogP contribution in [0.25, 0.3) is 0 Å². The third-order valence-corrected chi connectivity index (χ3v) is 9.20. The van der Waals surface area contributed by atoms with Gasteiger partial charge < -0.3 is 21.1 Å². The van der Waals surface area contributed by atoms with Crippen LogP contribution in [-0.2, 0) is 13.0 Å². The van der Waals surface area contributed by atoms with Crippen LogP contribution in [0.3, 0.4) is 0 Å². The highest BCUT2D eigenvalue weighted by Crippen LogP contribution is 2.22. The maximum absolute atomic E-state index is 13.4. The normalized spacial score (nSPS) is 17.7. The predicted molar refractivity (Wildman–Crippen MR) is 176 cm³/mol. The lowest BCUT2D eigenvalue weighted by Gasteiger charge is -2.32. The third kappa shape index (κ3) is 9.74. The molecule has 0 bridgehead atoms. The van der Waals surface area contributed by atoms with Crippen LogP contribution in [-0.4, -0.2) is 66.2 Å². The standard InChI is InChI=1S/C37H48N4O3/c42-35(26-38-21-18-28-19-22-41(23-20-28)27-30-12-5-2-6-13-30)34(24-29-10-3-1-4-11-29)40-37(44)32-15-9-14-31(25-32)36(43)39-33-16-7-8-17-33/h1-6,9-15,25,28,33-35,38,42H,7-8,16-24,26-27H2,(H,39,43)(H,40,44)/t34-,35+/m0/s1. The number of aliphatic hydroxyl groups excluding tert-OH is 1. The minimum Gasteiger partial charge on any atom is -0.390 e. The van der Waals surface area contributed by atoms with E-state index in [0.717, 1.165) is 63.8 Å². The third-order valence-electron chi connectivity index (χ3n) is 9.20. The molecule has 234 valence electrons. The molecule has 3 aromatic rings. The molecule has 2 atom stereocenters. The maximum Gasteiger partial charge on any atom is 0.251 e. The second-order valence-electron chi connectivity index (χ2n) is 12.6. The quantitative estimate of drug-likeness (QED) is 0.198. The van der Waals surface area contributed by atoms with Gasteiger partial charge in [-0.15, -0.1) is 0 Å². The van der Waals surface area contributed by atoms with Crippen LogP contribution in [0.15, 0.2) is 84.9 Å². The van der Waals surface area contributed by atoms with Gasteiger partial charge in [0.05, 0.1) is 12.1 Å². The van der Waals surface area contributed by atoms with E-state index in [4.69, 9.17) is 0 Å². The predicted octanol–water partition coefficient (Wildman–Crippen LogP) is 4.95. The molecule has 5 rings (SSSR count). The van der Waals surface area contributed by atoms with E-state index in [0.29, 0.717) is 30.0 Å². The van der Waals surface area contributed by atoms with Crippen LogP contribution >= 0.6 is 0 Å². The van der Waals surface area contributed by atoms with E-state index < -0.39 is 12.1 Å². The molecular formula is C37H48N4O3. The van der Waals surface area contributed by atoms with Gasteiger partial charge >= 0.3 is 0 Å². The van der Waals surface area contributed by atoms with E-state index in [1.165, 1.54) is 18.4 Å². The Kier molecular flexibility index (Phi) is 12.0. The molecule has 7 nitrogen and oxygen atoms in total. The first-order chi connectivity index (χ1) is 21.5. The number of aliphatic hydroxyl groups is 1. The van der Waals surface area contributed by atoms with Crippen molar-refractivity contribution in [2.75, 3.05) is 26.2 Å². The Morgan fingerprint density at radius 3 is 2.11 bits per heavy atom. The molecule has 2 fully saturated rings. The van der Waals surface area contributed by atoms with Gasteiger partial charge in [0.2, 0.25) is 0 Å². The fourth-order valence-corrected chi connectivity index (χ4v) is 6.52. The molecular weight excluding hydrogens is 548 g/mol. The van der Waals surface area contributed by atoms with E-state index in [2.05, 4.69) is 51.2 Å². The molecule has 2 aliphatic rings. The molecule has 1 saturated carbocycles. The fourth-order valence-electron chi connectivity index (χ4n) is 6.52. The highest BCUT2D eigenvalue weighted by molar-refractivity contribution is 5.99. The number of piperidine rings is 1. The molecule has 44 heavy (non-hydrogen) atoms. The summed E-state index contributed by atoms with van der Waals surface area (Å²) in [5.41, 5.74) is 3.32. The summed E-state index contributed by atoms with van der Waals surface area (Å²) in [6, 6.07) is 27.2. The van der Waals surface area contributed by atoms with E-state index in [-0.39, 0.29) is 17.9 Å². The fraction of sp³-hybridized carbons (Fsp3) is 0.459. The van der Waals surface area contributed by atoms with Gasteiger partial charge in [0, 0.05) is 30.3 Å². The van der Waals surface area contributed by atoms with Crippen molar-refractivity contribution in [3.05, 3.63) is 107 Å². The molecule has 1 saturated heterocycles. The Bertz CT molecular complexity index is 1300. The number of likely N-dealkylation sites (tertiary alicyclic amines) is 1. The van der Waals surface area contributed by atoms with Gasteiger partial charge in [0.15, 0.2) is 0 Å². The first kappa shape index (κ1) is 31.9. The lowest BCUT2D eigenvalue weighted by molar-refractivity contribution is 0.0829. The summed E-state index contributed by atoms with van der Waals surface area (Å²) in [4.78, 5) is 28.7. The Hall–Kier alpha value is -3.52. The van der Waals surface area contributed by atoms with Crippen LogP contribution in [0.1, 0.15) is 76.8 Å². The van der Waals surface area contributed by atoms with Crippen molar-refractivity contribution in [3.63, 3.8) is 0 Å². The second kappa shape index (κ2) is 16.5. The van der Waals surface area contributed by atoms with E-state index in [9.17, 15) is 14.7 Å². The van der Waals surface area contributed by atoms with E-state index in [1.54, 1.807) is 24.3 Å². The first-order valence-corrected chi connectivity index (χ1v) is 16.4. The van der Waals surface area contributed by atoms with Crippen LogP contribution in [0.2, 0.25) is 0 Å². The van der Waals surface area contributed by atoms with Crippen molar-refractivity contribution < 1.29 is 14.7 Å². The Balaban J connectivity index is 1.10. The van der Waals surface area contributed by atoms with Gasteiger partial charge in [0.1, 0.15) is 0 Å². The summed E-state index contributed by atoms with van der Waals surface area (Å²) in [5, 5.41) is 20.9. The molecule has 1 heterocycles. The van der Waals surface area contributed by atoms with Crippen LogP contribution < -0.4 is 16.0 Å². The molecule has 2 amide bonds. The molecule has 7 heteroatoms. The van der Waals surface area contributed by atoms with Crippen molar-refractivity contribution in [1.82, 2.24) is 20.9 Å². The van der Waals surface area contributed by atoms with E-state index >= 15 is 0 Å². The maximum atomic E-state index is 13.4. The van der Waals surface area contributed by atoms with Gasteiger partial charge in [0.25, 0.3) is 11.8 Å². The lowest BCUT2D eigenvalue weighted by Crippen LogP contribution is -2.49. The monoisotopic (exact) mass is 596 g/mol. The average Bonchev–Trinajstić information content (AvgIpc) is 3.57. The van der Waals surface area contributed by atoms with Gasteiger partial charge in [-0.25, -0.2) is 0 Å². The number of carbonyl (C=O) groups excluding carboxylic acids is 2. The summed E-state index contributed by atoms with van der Waals surface area (Å²) in [7, 11) is 0. The average molecular weight is 597 g/mol. The number of nitrogens with zero attached hydrogens (tertiary/aromatic N) is 1. The van der Waals surface area contributed by atoms with Crippen LogP contribution in [0.5, 0.6) is 0 Å². The molecule has 0 unspecified atom stereocenters. The first-order valence-electron chi connectivity index (χ1n) is 16.4. The number of nitrogens with one attached hydrogen (secondary N) is 3. The molecule has 0 spiro atoms. The summed E-state index contributed by atoms with van der Waals surface area (Å²) in [5.74, 6) is 0.255. The molecule has 0 radical (unpaired) electrons. The van der Waals surface area contributed by atoms with Gasteiger partial charge in [-0.2, -0.15) is 0 Å². The summed E-state index contributed by atoms with van der Waals surface area (Å²) < 4.78 is 0.